The molecule has 0 saturated heterocycles. The molecule has 3 heterocycles. The van der Waals surface area contributed by atoms with Crippen LogP contribution in [0.4, 0.5) is 33.5 Å². The number of aryl methyl sites for hydroxylation is 1. The summed E-state index contributed by atoms with van der Waals surface area (Å²) in [5.74, 6) is -0.338. The number of hydrogen-bond acceptors (Lipinski definition) is 8. The van der Waals surface area contributed by atoms with Crippen LogP contribution in [0.25, 0.3) is 16.9 Å². The number of amides is 2. The number of nitrogens with two attached hydrogens (primary N) is 1. The minimum Gasteiger partial charge on any atom is -0.483 e. The van der Waals surface area contributed by atoms with E-state index in [1.54, 1.807) is 25.1 Å². The van der Waals surface area contributed by atoms with Gasteiger partial charge < -0.3 is 26.8 Å². The number of hydrogen-bond donors (Lipinski definition) is 5. The summed E-state index contributed by atoms with van der Waals surface area (Å²) in [6.45, 7) is 2.93. The lowest BCUT2D eigenvalue weighted by Gasteiger charge is -2.13. The molecule has 46 heavy (non-hydrogen) atoms. The van der Waals surface area contributed by atoms with Crippen LogP contribution in [0.3, 0.4) is 0 Å². The van der Waals surface area contributed by atoms with E-state index in [1.165, 1.54) is 23.0 Å². The Morgan fingerprint density at radius 3 is 2.48 bits per heavy atom. The lowest BCUT2D eigenvalue weighted by Crippen LogP contribution is -2.39. The number of carbonyl (C=O) groups excluding carboxylic acids is 2. The molecule has 1 aromatic carbocycles. The smallest absolute Gasteiger partial charge is 0.435 e. The van der Waals surface area contributed by atoms with Crippen LogP contribution in [0.15, 0.2) is 43.0 Å². The Labute approximate surface area is 259 Å². The van der Waals surface area contributed by atoms with Gasteiger partial charge in [0.25, 0.3) is 18.8 Å². The number of alkyl halides is 5. The number of nitrogens with one attached hydrogen (secondary N) is 3. The van der Waals surface area contributed by atoms with Gasteiger partial charge in [0.05, 0.1) is 23.5 Å². The second-order valence-corrected chi connectivity index (χ2v) is 9.76. The SMILES string of the molecule is CCc1cc(Nc2nccn3c(-c4cn(CC(F)F)nc4C(F)(F)F)cnc23)ccc1C(=O)NCCCNC(=O)[C@@H](C)N.O=CO. The molecule has 0 fully saturated rings. The number of imidazole rings is 1. The van der Waals surface area contributed by atoms with Crippen LogP contribution >= 0.6 is 0 Å². The molecule has 0 unspecified atom stereocenters. The normalized spacial score (nSPS) is 11.9. The number of nitrogens with zero attached hydrogens (tertiary/aromatic N) is 5. The highest BCUT2D eigenvalue weighted by molar-refractivity contribution is 5.96. The molecule has 0 radical (unpaired) electrons. The van der Waals surface area contributed by atoms with E-state index in [0.29, 0.717) is 41.9 Å². The van der Waals surface area contributed by atoms with Gasteiger partial charge in [-0.3, -0.25) is 23.5 Å². The Hall–Kier alpha value is -5.13. The van der Waals surface area contributed by atoms with E-state index in [4.69, 9.17) is 15.6 Å². The number of rotatable bonds is 12. The third kappa shape index (κ3) is 8.96. The van der Waals surface area contributed by atoms with Gasteiger partial charge in [-0.2, -0.15) is 18.3 Å². The minimum absolute atomic E-state index is 0.00772. The molecule has 0 bridgehead atoms. The van der Waals surface area contributed by atoms with Gasteiger partial charge in [0.2, 0.25) is 5.91 Å². The standard InChI is InChI=1S/C27H30F5N9O2.CH2O2/c1-3-16-11-17(5-6-18(16)26(43)36-8-4-7-35-25(42)15(2)33)38-23-24-37-12-20(41(24)10-9-34-23)19-13-40(14-21(28)29)39-22(19)27(30,31)32;2-1-3/h5-6,9-13,15,21H,3-4,7-8,14,33H2,1-2H3,(H,34,38)(H,35,42)(H,36,43);1H,(H,2,3)/t15-;/m1./s1. The average Bonchev–Trinajstić information content (AvgIpc) is 3.61. The maximum atomic E-state index is 13.7. The Balaban J connectivity index is 0.00000185. The molecule has 248 valence electrons. The van der Waals surface area contributed by atoms with Crippen LogP contribution in [-0.4, -0.2) is 73.1 Å². The van der Waals surface area contributed by atoms with Gasteiger partial charge in [-0.15, -0.1) is 0 Å². The molecular weight excluding hydrogens is 621 g/mol. The molecule has 0 saturated carbocycles. The second kappa shape index (κ2) is 15.7. The highest BCUT2D eigenvalue weighted by atomic mass is 19.4. The first-order valence-corrected chi connectivity index (χ1v) is 13.8. The van der Waals surface area contributed by atoms with Crippen molar-refractivity contribution in [2.24, 2.45) is 5.73 Å². The summed E-state index contributed by atoms with van der Waals surface area (Å²) in [5.41, 5.74) is 5.70. The molecule has 4 aromatic rings. The van der Waals surface area contributed by atoms with Crippen molar-refractivity contribution in [1.29, 1.82) is 0 Å². The predicted molar refractivity (Wildman–Crippen MR) is 157 cm³/mol. The van der Waals surface area contributed by atoms with E-state index in [1.807, 2.05) is 6.92 Å². The lowest BCUT2D eigenvalue weighted by molar-refractivity contribution is -0.141. The second-order valence-electron chi connectivity index (χ2n) is 9.76. The topological polar surface area (TPSA) is 182 Å². The summed E-state index contributed by atoms with van der Waals surface area (Å²) in [4.78, 5) is 41.2. The summed E-state index contributed by atoms with van der Waals surface area (Å²) in [6.07, 6.45) is -1.86. The van der Waals surface area contributed by atoms with Crippen LogP contribution in [0, 0.1) is 0 Å². The van der Waals surface area contributed by atoms with E-state index < -0.39 is 36.4 Å². The number of benzene rings is 1. The van der Waals surface area contributed by atoms with Crippen molar-refractivity contribution < 1.29 is 41.4 Å². The van der Waals surface area contributed by atoms with Crippen LogP contribution in [0.5, 0.6) is 0 Å². The molecule has 0 aliphatic heterocycles. The molecule has 2 amide bonds. The maximum absolute atomic E-state index is 13.7. The highest BCUT2D eigenvalue weighted by Gasteiger charge is 2.38. The summed E-state index contributed by atoms with van der Waals surface area (Å²) in [6, 6.07) is 4.43. The fourth-order valence-corrected chi connectivity index (χ4v) is 4.34. The number of carbonyl (C=O) groups is 3. The first-order valence-electron chi connectivity index (χ1n) is 13.8. The number of aromatic nitrogens is 5. The van der Waals surface area contributed by atoms with Gasteiger partial charge in [-0.05, 0) is 43.5 Å². The van der Waals surface area contributed by atoms with Gasteiger partial charge in [0.15, 0.2) is 17.2 Å². The van der Waals surface area contributed by atoms with E-state index in [0.717, 1.165) is 11.8 Å². The average molecular weight is 654 g/mol. The molecule has 1 atom stereocenters. The Morgan fingerprint density at radius 1 is 1.15 bits per heavy atom. The van der Waals surface area contributed by atoms with Gasteiger partial charge in [0, 0.05) is 42.9 Å². The Morgan fingerprint density at radius 2 is 1.85 bits per heavy atom. The zero-order chi connectivity index (χ0) is 34.0. The molecule has 4 rings (SSSR count). The van der Waals surface area contributed by atoms with Crippen LogP contribution in [0.2, 0.25) is 0 Å². The fraction of sp³-hybridized carbons (Fsp3) is 0.357. The van der Waals surface area contributed by atoms with E-state index in [2.05, 4.69) is 31.0 Å². The van der Waals surface area contributed by atoms with Crippen molar-refractivity contribution in [3.05, 3.63) is 59.8 Å². The molecule has 6 N–H and O–H groups in total. The largest absolute Gasteiger partial charge is 0.483 e. The fourth-order valence-electron chi connectivity index (χ4n) is 4.34. The molecule has 3 aromatic heterocycles. The molecule has 0 spiro atoms. The zero-order valence-corrected chi connectivity index (χ0v) is 24.7. The summed E-state index contributed by atoms with van der Waals surface area (Å²) < 4.78 is 68.8. The summed E-state index contributed by atoms with van der Waals surface area (Å²) in [7, 11) is 0. The molecule has 0 aliphatic carbocycles. The monoisotopic (exact) mass is 653 g/mol. The third-order valence-corrected chi connectivity index (χ3v) is 6.40. The molecule has 13 nitrogen and oxygen atoms in total. The maximum Gasteiger partial charge on any atom is 0.435 e. The number of anilines is 2. The van der Waals surface area contributed by atoms with Gasteiger partial charge in [-0.25, -0.2) is 18.7 Å². The predicted octanol–water partition coefficient (Wildman–Crippen LogP) is 3.47. The van der Waals surface area contributed by atoms with E-state index in [9.17, 15) is 31.5 Å². The van der Waals surface area contributed by atoms with Crippen LogP contribution < -0.4 is 21.7 Å². The van der Waals surface area contributed by atoms with E-state index in [-0.39, 0.29) is 35.4 Å². The molecule has 18 heteroatoms. The molecule has 0 aliphatic rings. The van der Waals surface area contributed by atoms with Crippen molar-refractivity contribution in [2.75, 3.05) is 18.4 Å². The van der Waals surface area contributed by atoms with Crippen LogP contribution in [0.1, 0.15) is 41.9 Å². The van der Waals surface area contributed by atoms with Gasteiger partial charge in [0.1, 0.15) is 6.54 Å². The Bertz CT molecular complexity index is 1650. The quantitative estimate of drug-likeness (QED) is 0.0869. The van der Waals surface area contributed by atoms with Crippen molar-refractivity contribution in [1.82, 2.24) is 34.8 Å². The van der Waals surface area contributed by atoms with Gasteiger partial charge >= 0.3 is 6.18 Å². The third-order valence-electron chi connectivity index (χ3n) is 6.40. The van der Waals surface area contributed by atoms with E-state index >= 15 is 0 Å². The van der Waals surface area contributed by atoms with Crippen molar-refractivity contribution >= 4 is 35.4 Å². The highest BCUT2D eigenvalue weighted by Crippen LogP contribution is 2.37. The Kier molecular flexibility index (Phi) is 12.1. The summed E-state index contributed by atoms with van der Waals surface area (Å²) >= 11 is 0. The minimum atomic E-state index is -4.88. The lowest BCUT2D eigenvalue weighted by atomic mass is 10.0. The van der Waals surface area contributed by atoms with Crippen molar-refractivity contribution in [3.63, 3.8) is 0 Å². The first kappa shape index (κ1) is 35.4. The number of carboxylic acid groups (broad SMARTS) is 1. The van der Waals surface area contributed by atoms with Crippen LogP contribution in [-0.2, 0) is 28.7 Å². The van der Waals surface area contributed by atoms with Crippen molar-refractivity contribution in [3.8, 4) is 11.3 Å². The number of fused-ring (bicyclic) bond motifs is 1. The zero-order valence-electron chi connectivity index (χ0n) is 24.7. The molecular formula is C28H32F5N9O4. The van der Waals surface area contributed by atoms with Crippen molar-refractivity contribution in [2.45, 2.75) is 51.9 Å². The first-order chi connectivity index (χ1) is 21.8. The summed E-state index contributed by atoms with van der Waals surface area (Å²) in [5, 5.41) is 18.8. The van der Waals surface area contributed by atoms with Gasteiger partial charge in [-0.1, -0.05) is 6.92 Å². The number of halogens is 5.